The number of methoxy groups -OCH3 is 3. The van der Waals surface area contributed by atoms with Gasteiger partial charge in [-0.1, -0.05) is 37.3 Å². The summed E-state index contributed by atoms with van der Waals surface area (Å²) in [6.07, 6.45) is 1.57. The van der Waals surface area contributed by atoms with Crippen LogP contribution in [0.5, 0.6) is 11.5 Å². The standard InChI is InChI=1S/C20H24N2O4/c1-5-16-17(24-2)12-11-15(18(16)25-3)13-21-22-20(23)19(26-4)14-9-7-6-8-10-14/h6-13,19H,5H2,1-4H3,(H,22,23)/b21-13-/t19-/m0/s1. The second-order valence-corrected chi connectivity index (χ2v) is 5.48. The Morgan fingerprint density at radius 1 is 1.12 bits per heavy atom. The summed E-state index contributed by atoms with van der Waals surface area (Å²) in [7, 11) is 4.71. The molecule has 26 heavy (non-hydrogen) atoms. The van der Waals surface area contributed by atoms with Crippen LogP contribution in [0.25, 0.3) is 0 Å². The largest absolute Gasteiger partial charge is 0.496 e. The van der Waals surface area contributed by atoms with Crippen LogP contribution < -0.4 is 14.9 Å². The molecule has 0 spiro atoms. The van der Waals surface area contributed by atoms with E-state index in [2.05, 4.69) is 10.5 Å². The van der Waals surface area contributed by atoms with Crippen molar-refractivity contribution in [3.05, 3.63) is 59.2 Å². The van der Waals surface area contributed by atoms with Crippen LogP contribution in [0.3, 0.4) is 0 Å². The molecule has 1 N–H and O–H groups in total. The van der Waals surface area contributed by atoms with Gasteiger partial charge in [0.25, 0.3) is 5.91 Å². The molecule has 0 bridgehead atoms. The molecule has 0 fully saturated rings. The fourth-order valence-electron chi connectivity index (χ4n) is 2.74. The smallest absolute Gasteiger partial charge is 0.273 e. The summed E-state index contributed by atoms with van der Waals surface area (Å²) >= 11 is 0. The molecule has 0 aliphatic carbocycles. The molecule has 0 aliphatic heterocycles. The van der Waals surface area contributed by atoms with Gasteiger partial charge in [-0.2, -0.15) is 5.10 Å². The van der Waals surface area contributed by atoms with Gasteiger partial charge in [0.05, 0.1) is 20.4 Å². The van der Waals surface area contributed by atoms with Crippen LogP contribution in [-0.2, 0) is 16.0 Å². The second-order valence-electron chi connectivity index (χ2n) is 5.48. The van der Waals surface area contributed by atoms with E-state index in [9.17, 15) is 4.79 Å². The average molecular weight is 356 g/mol. The zero-order valence-electron chi connectivity index (χ0n) is 15.5. The minimum Gasteiger partial charge on any atom is -0.496 e. The Labute approximate surface area is 153 Å². The summed E-state index contributed by atoms with van der Waals surface area (Å²) < 4.78 is 16.1. The third-order valence-electron chi connectivity index (χ3n) is 3.98. The number of benzene rings is 2. The fourth-order valence-corrected chi connectivity index (χ4v) is 2.74. The minimum atomic E-state index is -0.725. The van der Waals surface area contributed by atoms with Crippen LogP contribution in [0, 0.1) is 0 Å². The van der Waals surface area contributed by atoms with Crippen LogP contribution in [0.2, 0.25) is 0 Å². The summed E-state index contributed by atoms with van der Waals surface area (Å²) in [5.41, 5.74) is 4.98. The predicted molar refractivity (Wildman–Crippen MR) is 101 cm³/mol. The van der Waals surface area contributed by atoms with Gasteiger partial charge in [0.2, 0.25) is 0 Å². The van der Waals surface area contributed by atoms with Crippen molar-refractivity contribution in [3.63, 3.8) is 0 Å². The third-order valence-corrected chi connectivity index (χ3v) is 3.98. The molecule has 0 saturated carbocycles. The molecule has 2 aromatic carbocycles. The molecule has 138 valence electrons. The SMILES string of the molecule is CCc1c(OC)ccc(/C=N\NC(=O)[C@@H](OC)c2ccccc2)c1OC. The number of hydrazone groups is 1. The Hall–Kier alpha value is -2.86. The van der Waals surface area contributed by atoms with E-state index in [4.69, 9.17) is 14.2 Å². The summed E-state index contributed by atoms with van der Waals surface area (Å²) in [6, 6.07) is 12.9. The number of hydrogen-bond acceptors (Lipinski definition) is 5. The van der Waals surface area contributed by atoms with Crippen molar-refractivity contribution in [2.24, 2.45) is 5.10 Å². The molecule has 6 nitrogen and oxygen atoms in total. The highest BCUT2D eigenvalue weighted by atomic mass is 16.5. The van der Waals surface area contributed by atoms with E-state index in [0.29, 0.717) is 5.75 Å². The number of amides is 1. The topological polar surface area (TPSA) is 69.2 Å². The van der Waals surface area contributed by atoms with Crippen molar-refractivity contribution < 1.29 is 19.0 Å². The first-order valence-corrected chi connectivity index (χ1v) is 8.30. The molecule has 0 saturated heterocycles. The number of carbonyl (C=O) groups excluding carboxylic acids is 1. The number of hydrogen-bond donors (Lipinski definition) is 1. The van der Waals surface area contributed by atoms with E-state index in [1.807, 2.05) is 49.4 Å². The Bertz CT molecular complexity index is 760. The van der Waals surface area contributed by atoms with Gasteiger partial charge in [0, 0.05) is 18.2 Å². The highest BCUT2D eigenvalue weighted by Crippen LogP contribution is 2.31. The van der Waals surface area contributed by atoms with Gasteiger partial charge in [0.15, 0.2) is 6.10 Å². The molecule has 6 heteroatoms. The Balaban J connectivity index is 2.16. The quantitative estimate of drug-likeness (QED) is 0.583. The molecule has 2 rings (SSSR count). The van der Waals surface area contributed by atoms with Crippen molar-refractivity contribution in [2.45, 2.75) is 19.4 Å². The first-order chi connectivity index (χ1) is 12.7. The lowest BCUT2D eigenvalue weighted by Gasteiger charge is -2.15. The second kappa shape index (κ2) is 9.58. The van der Waals surface area contributed by atoms with Crippen molar-refractivity contribution in [1.29, 1.82) is 0 Å². The normalized spacial score (nSPS) is 12.0. The van der Waals surface area contributed by atoms with Crippen LogP contribution in [0.15, 0.2) is 47.6 Å². The molecule has 1 amide bonds. The maximum absolute atomic E-state index is 12.3. The molecule has 0 unspecified atom stereocenters. The monoisotopic (exact) mass is 356 g/mol. The van der Waals surface area contributed by atoms with Gasteiger partial charge in [-0.15, -0.1) is 0 Å². The average Bonchev–Trinajstić information content (AvgIpc) is 2.68. The van der Waals surface area contributed by atoms with Crippen molar-refractivity contribution in [1.82, 2.24) is 5.43 Å². The van der Waals surface area contributed by atoms with Gasteiger partial charge < -0.3 is 14.2 Å². The number of rotatable bonds is 8. The molecule has 2 aromatic rings. The van der Waals surface area contributed by atoms with Gasteiger partial charge >= 0.3 is 0 Å². The molecule has 0 radical (unpaired) electrons. The first kappa shape index (κ1) is 19.5. The lowest BCUT2D eigenvalue weighted by molar-refractivity contribution is -0.131. The molecule has 0 aliphatic rings. The molecule has 0 aromatic heterocycles. The summed E-state index contributed by atoms with van der Waals surface area (Å²) in [4.78, 5) is 12.3. The summed E-state index contributed by atoms with van der Waals surface area (Å²) in [5.74, 6) is 1.09. The van der Waals surface area contributed by atoms with Gasteiger partial charge in [-0.05, 0) is 24.1 Å². The molecular formula is C20H24N2O4. The number of carbonyl (C=O) groups is 1. The number of nitrogens with one attached hydrogen (secondary N) is 1. The summed E-state index contributed by atoms with van der Waals surface area (Å²) in [6.45, 7) is 2.02. The van der Waals surface area contributed by atoms with Crippen LogP contribution >= 0.6 is 0 Å². The predicted octanol–water partition coefficient (Wildman–Crippen LogP) is 3.10. The van der Waals surface area contributed by atoms with Crippen molar-refractivity contribution in [3.8, 4) is 11.5 Å². The highest BCUT2D eigenvalue weighted by Gasteiger charge is 2.19. The summed E-state index contributed by atoms with van der Waals surface area (Å²) in [5, 5.41) is 4.05. The zero-order chi connectivity index (χ0) is 18.9. The van der Waals surface area contributed by atoms with E-state index in [1.54, 1.807) is 20.4 Å². The van der Waals surface area contributed by atoms with Crippen molar-refractivity contribution in [2.75, 3.05) is 21.3 Å². The maximum atomic E-state index is 12.3. The lowest BCUT2D eigenvalue weighted by atomic mass is 10.1. The number of ether oxygens (including phenoxy) is 3. The van der Waals surface area contributed by atoms with E-state index in [0.717, 1.165) is 28.9 Å². The van der Waals surface area contributed by atoms with E-state index < -0.39 is 6.10 Å². The number of nitrogens with zero attached hydrogens (tertiary/aromatic N) is 1. The highest BCUT2D eigenvalue weighted by molar-refractivity contribution is 5.87. The van der Waals surface area contributed by atoms with Crippen LogP contribution in [-0.4, -0.2) is 33.5 Å². The van der Waals surface area contributed by atoms with Gasteiger partial charge in [-0.25, -0.2) is 5.43 Å². The van der Waals surface area contributed by atoms with Crippen LogP contribution in [0.1, 0.15) is 29.7 Å². The molecular weight excluding hydrogens is 332 g/mol. The lowest BCUT2D eigenvalue weighted by Crippen LogP contribution is -2.26. The van der Waals surface area contributed by atoms with Gasteiger partial charge in [-0.3, -0.25) is 4.79 Å². The Morgan fingerprint density at radius 2 is 1.85 bits per heavy atom. The molecule has 0 heterocycles. The van der Waals surface area contributed by atoms with E-state index >= 15 is 0 Å². The van der Waals surface area contributed by atoms with Gasteiger partial charge in [0.1, 0.15) is 11.5 Å². The maximum Gasteiger partial charge on any atom is 0.273 e. The van der Waals surface area contributed by atoms with E-state index in [-0.39, 0.29) is 5.91 Å². The third kappa shape index (κ3) is 4.40. The first-order valence-electron chi connectivity index (χ1n) is 8.30. The van der Waals surface area contributed by atoms with Crippen molar-refractivity contribution >= 4 is 12.1 Å². The minimum absolute atomic E-state index is 0.349. The Kier molecular flexibility index (Phi) is 7.17. The van der Waals surface area contributed by atoms with E-state index in [1.165, 1.54) is 7.11 Å². The fraction of sp³-hybridized carbons (Fsp3) is 0.300. The molecule has 1 atom stereocenters. The Morgan fingerprint density at radius 3 is 2.42 bits per heavy atom. The zero-order valence-corrected chi connectivity index (χ0v) is 15.5. The van der Waals surface area contributed by atoms with Crippen LogP contribution in [0.4, 0.5) is 0 Å².